The van der Waals surface area contributed by atoms with Gasteiger partial charge in [-0.1, -0.05) is 54.6 Å². The van der Waals surface area contributed by atoms with Crippen LogP contribution >= 0.6 is 0 Å². The normalized spacial score (nSPS) is 25.7. The van der Waals surface area contributed by atoms with Crippen LogP contribution in [0.1, 0.15) is 54.3 Å². The second-order valence-corrected chi connectivity index (χ2v) is 6.43. The molecule has 2 aliphatic rings. The Hall–Kier alpha value is -1.60. The molecule has 0 N–H and O–H groups in total. The highest BCUT2D eigenvalue weighted by Crippen LogP contribution is 2.41. The number of nitrogens with zero attached hydrogens (tertiary/aromatic N) is 1. The number of hydrogen-bond acceptors (Lipinski definition) is 1. The molecule has 2 aromatic rings. The quantitative estimate of drug-likeness (QED) is 0.727. The Morgan fingerprint density at radius 1 is 0.714 bits per heavy atom. The number of fused-ring (bicyclic) bond motifs is 3. The molecule has 2 atom stereocenters. The molecule has 2 heterocycles. The largest absolute Gasteiger partial charge is 0.296 e. The fraction of sp³-hybridized carbons (Fsp3) is 0.400. The van der Waals surface area contributed by atoms with E-state index in [1.54, 1.807) is 11.1 Å². The van der Waals surface area contributed by atoms with E-state index < -0.39 is 0 Å². The molecule has 0 saturated carbocycles. The molecule has 0 unspecified atom stereocenters. The summed E-state index contributed by atoms with van der Waals surface area (Å²) in [6.07, 6.45) is 5.27. The van der Waals surface area contributed by atoms with Crippen LogP contribution in [0.25, 0.3) is 0 Å². The van der Waals surface area contributed by atoms with Crippen LogP contribution in [-0.4, -0.2) is 18.0 Å². The van der Waals surface area contributed by atoms with E-state index in [1.807, 2.05) is 0 Å². The van der Waals surface area contributed by atoms with Crippen molar-refractivity contribution in [2.45, 2.75) is 37.6 Å². The molecule has 0 amide bonds. The molecular formula is C20H23N. The second kappa shape index (κ2) is 5.65. The van der Waals surface area contributed by atoms with Gasteiger partial charge in [0.2, 0.25) is 0 Å². The predicted octanol–water partition coefficient (Wildman–Crippen LogP) is 4.75. The maximum absolute atomic E-state index is 2.71. The van der Waals surface area contributed by atoms with E-state index in [-0.39, 0.29) is 0 Å². The van der Waals surface area contributed by atoms with Gasteiger partial charge in [0.1, 0.15) is 0 Å². The highest BCUT2D eigenvalue weighted by Gasteiger charge is 2.31. The molecular weight excluding hydrogens is 254 g/mol. The number of benzene rings is 2. The van der Waals surface area contributed by atoms with E-state index in [0.717, 1.165) is 0 Å². The number of rotatable bonds is 1. The van der Waals surface area contributed by atoms with Crippen LogP contribution in [0.3, 0.4) is 0 Å². The van der Waals surface area contributed by atoms with Gasteiger partial charge in [-0.25, -0.2) is 0 Å². The monoisotopic (exact) mass is 277 g/mol. The summed E-state index contributed by atoms with van der Waals surface area (Å²) in [6.45, 7) is 2.55. The Morgan fingerprint density at radius 2 is 1.38 bits per heavy atom. The first-order valence-electron chi connectivity index (χ1n) is 8.31. The average Bonchev–Trinajstić information content (AvgIpc) is 2.98. The Kier molecular flexibility index (Phi) is 3.52. The zero-order chi connectivity index (χ0) is 14.1. The van der Waals surface area contributed by atoms with Crippen LogP contribution in [0.15, 0.2) is 54.6 Å². The molecule has 21 heavy (non-hydrogen) atoms. The molecule has 0 aliphatic carbocycles. The van der Waals surface area contributed by atoms with E-state index in [0.29, 0.717) is 12.0 Å². The van der Waals surface area contributed by atoms with Gasteiger partial charge in [0.25, 0.3) is 0 Å². The molecule has 1 heteroatoms. The Labute approximate surface area is 127 Å². The zero-order valence-corrected chi connectivity index (χ0v) is 12.5. The van der Waals surface area contributed by atoms with Crippen LogP contribution in [0.5, 0.6) is 0 Å². The average molecular weight is 277 g/mol. The van der Waals surface area contributed by atoms with Gasteiger partial charge >= 0.3 is 0 Å². The first-order chi connectivity index (χ1) is 10.4. The topological polar surface area (TPSA) is 3.24 Å². The van der Waals surface area contributed by atoms with Gasteiger partial charge in [0.15, 0.2) is 0 Å². The van der Waals surface area contributed by atoms with Crippen molar-refractivity contribution >= 4 is 0 Å². The summed E-state index contributed by atoms with van der Waals surface area (Å²) < 4.78 is 0. The molecule has 1 nitrogen and oxygen atoms in total. The SMILES string of the molecule is c1ccc([C@@H]2CCCN3CCC[C@H]3c3ccccc32)cc1. The van der Waals surface area contributed by atoms with E-state index in [1.165, 1.54) is 44.3 Å². The molecule has 0 bridgehead atoms. The Balaban J connectivity index is 1.81. The predicted molar refractivity (Wildman–Crippen MR) is 87.5 cm³/mol. The van der Waals surface area contributed by atoms with Gasteiger partial charge in [-0.3, -0.25) is 4.90 Å². The molecule has 2 aliphatic heterocycles. The van der Waals surface area contributed by atoms with Crippen LogP contribution < -0.4 is 0 Å². The zero-order valence-electron chi connectivity index (χ0n) is 12.5. The van der Waals surface area contributed by atoms with Crippen molar-refractivity contribution in [2.75, 3.05) is 13.1 Å². The lowest BCUT2D eigenvalue weighted by molar-refractivity contribution is 0.242. The summed E-state index contributed by atoms with van der Waals surface area (Å²) in [4.78, 5) is 2.71. The smallest absolute Gasteiger partial charge is 0.0351 e. The van der Waals surface area contributed by atoms with Gasteiger partial charge in [0, 0.05) is 12.0 Å². The van der Waals surface area contributed by atoms with Gasteiger partial charge < -0.3 is 0 Å². The molecule has 1 saturated heterocycles. The van der Waals surface area contributed by atoms with Crippen LogP contribution in [0.4, 0.5) is 0 Å². The lowest BCUT2D eigenvalue weighted by atomic mass is 9.81. The molecule has 4 rings (SSSR count). The Morgan fingerprint density at radius 3 is 2.19 bits per heavy atom. The van der Waals surface area contributed by atoms with Crippen LogP contribution in [0, 0.1) is 0 Å². The van der Waals surface area contributed by atoms with E-state index in [4.69, 9.17) is 0 Å². The fourth-order valence-corrected chi connectivity index (χ4v) is 4.26. The van der Waals surface area contributed by atoms with Crippen LogP contribution in [0.2, 0.25) is 0 Å². The third-order valence-electron chi connectivity index (χ3n) is 5.23. The third kappa shape index (κ3) is 2.40. The van der Waals surface area contributed by atoms with Crippen molar-refractivity contribution in [1.82, 2.24) is 4.90 Å². The minimum atomic E-state index is 0.574. The molecule has 2 aromatic carbocycles. The standard InChI is InChI=1S/C20H23N/c1-2-8-16(9-3-1)17-12-6-14-21-15-7-13-20(21)19-11-5-4-10-18(17)19/h1-5,8-11,17,20H,6-7,12-15H2/t17-,20-/m0/s1. The first kappa shape index (κ1) is 13.1. The van der Waals surface area contributed by atoms with Crippen molar-refractivity contribution < 1.29 is 0 Å². The minimum absolute atomic E-state index is 0.574. The minimum Gasteiger partial charge on any atom is -0.296 e. The maximum Gasteiger partial charge on any atom is 0.0351 e. The summed E-state index contributed by atoms with van der Waals surface area (Å²) in [5.74, 6) is 0.574. The van der Waals surface area contributed by atoms with Crippen LogP contribution in [-0.2, 0) is 0 Å². The van der Waals surface area contributed by atoms with E-state index in [9.17, 15) is 0 Å². The van der Waals surface area contributed by atoms with Gasteiger partial charge in [-0.05, 0) is 55.5 Å². The van der Waals surface area contributed by atoms with Gasteiger partial charge in [0.05, 0.1) is 0 Å². The highest BCUT2D eigenvalue weighted by atomic mass is 15.2. The summed E-state index contributed by atoms with van der Waals surface area (Å²) >= 11 is 0. The summed E-state index contributed by atoms with van der Waals surface area (Å²) in [5, 5.41) is 0. The van der Waals surface area contributed by atoms with Crippen molar-refractivity contribution in [2.24, 2.45) is 0 Å². The lowest BCUT2D eigenvalue weighted by Crippen LogP contribution is -2.28. The molecule has 0 spiro atoms. The lowest BCUT2D eigenvalue weighted by Gasteiger charge is -2.32. The summed E-state index contributed by atoms with van der Waals surface area (Å²) in [6, 6.07) is 20.9. The maximum atomic E-state index is 2.71. The van der Waals surface area contributed by atoms with Gasteiger partial charge in [-0.2, -0.15) is 0 Å². The molecule has 0 aromatic heterocycles. The third-order valence-corrected chi connectivity index (χ3v) is 5.23. The highest BCUT2D eigenvalue weighted by molar-refractivity contribution is 5.40. The van der Waals surface area contributed by atoms with Gasteiger partial charge in [-0.15, -0.1) is 0 Å². The van der Waals surface area contributed by atoms with Crippen molar-refractivity contribution in [1.29, 1.82) is 0 Å². The Bertz CT molecular complexity index is 604. The molecule has 0 radical (unpaired) electrons. The number of hydrogen-bond donors (Lipinski definition) is 0. The second-order valence-electron chi connectivity index (χ2n) is 6.43. The van der Waals surface area contributed by atoms with Crippen molar-refractivity contribution in [3.8, 4) is 0 Å². The van der Waals surface area contributed by atoms with Crippen molar-refractivity contribution in [3.63, 3.8) is 0 Å². The summed E-state index contributed by atoms with van der Waals surface area (Å²) in [7, 11) is 0. The molecule has 108 valence electrons. The first-order valence-corrected chi connectivity index (χ1v) is 8.31. The molecule has 1 fully saturated rings. The van der Waals surface area contributed by atoms with Crippen molar-refractivity contribution in [3.05, 3.63) is 71.3 Å². The summed E-state index contributed by atoms with van der Waals surface area (Å²) in [5.41, 5.74) is 4.64. The van der Waals surface area contributed by atoms with E-state index >= 15 is 0 Å². The van der Waals surface area contributed by atoms with E-state index in [2.05, 4.69) is 59.5 Å². The fourth-order valence-electron chi connectivity index (χ4n) is 4.26.